The summed E-state index contributed by atoms with van der Waals surface area (Å²) in [7, 11) is 0. The molecule has 0 radical (unpaired) electrons. The molecule has 0 bridgehead atoms. The molecule has 0 aromatic carbocycles. The summed E-state index contributed by atoms with van der Waals surface area (Å²) in [6, 6.07) is 2.84. The molecule has 0 aliphatic heterocycles. The van der Waals surface area contributed by atoms with E-state index in [1.54, 1.807) is 0 Å². The molecule has 1 heterocycles. The van der Waals surface area contributed by atoms with Gasteiger partial charge < -0.3 is 5.43 Å². The predicted octanol–water partition coefficient (Wildman–Crippen LogP) is 1.23. The standard InChI is InChI=1S/C10H15FN4/c1-10(2,3)14-9(15-12)8-5-4-7(11)6-13-8/h4-6H,12H2,1-3H3,(H,14,15). The fraction of sp³-hybridized carbons (Fsp3) is 0.400. The number of hydrogen-bond donors (Lipinski definition) is 2. The van der Waals surface area contributed by atoms with Crippen molar-refractivity contribution in [2.24, 2.45) is 10.8 Å². The summed E-state index contributed by atoms with van der Waals surface area (Å²) in [4.78, 5) is 8.21. The zero-order valence-corrected chi connectivity index (χ0v) is 9.08. The summed E-state index contributed by atoms with van der Waals surface area (Å²) in [6.45, 7) is 5.82. The molecule has 1 aromatic heterocycles. The van der Waals surface area contributed by atoms with E-state index in [-0.39, 0.29) is 11.4 Å². The monoisotopic (exact) mass is 210 g/mol. The molecule has 5 heteroatoms. The van der Waals surface area contributed by atoms with E-state index in [1.807, 2.05) is 20.8 Å². The number of hydrogen-bond acceptors (Lipinski definition) is 3. The van der Waals surface area contributed by atoms with Crippen LogP contribution in [0.2, 0.25) is 0 Å². The van der Waals surface area contributed by atoms with Crippen LogP contribution in [-0.4, -0.2) is 16.4 Å². The number of rotatable bonds is 1. The molecule has 0 fully saturated rings. The molecule has 0 aliphatic carbocycles. The minimum Gasteiger partial charge on any atom is -0.307 e. The van der Waals surface area contributed by atoms with Crippen molar-refractivity contribution in [3.05, 3.63) is 29.8 Å². The van der Waals surface area contributed by atoms with Gasteiger partial charge in [0.1, 0.15) is 11.5 Å². The van der Waals surface area contributed by atoms with Crippen LogP contribution in [0, 0.1) is 5.82 Å². The number of nitrogens with two attached hydrogens (primary N) is 1. The highest BCUT2D eigenvalue weighted by Crippen LogP contribution is 2.08. The Morgan fingerprint density at radius 2 is 2.13 bits per heavy atom. The van der Waals surface area contributed by atoms with Crippen molar-refractivity contribution in [2.45, 2.75) is 26.3 Å². The molecule has 4 nitrogen and oxygen atoms in total. The molecule has 0 spiro atoms. The minimum atomic E-state index is -0.383. The Kier molecular flexibility index (Phi) is 3.36. The number of pyridine rings is 1. The minimum absolute atomic E-state index is 0.266. The summed E-state index contributed by atoms with van der Waals surface area (Å²) in [5, 5.41) is 0. The third-order valence-corrected chi connectivity index (χ3v) is 1.55. The molecular weight excluding hydrogens is 195 g/mol. The lowest BCUT2D eigenvalue weighted by Gasteiger charge is -2.15. The van der Waals surface area contributed by atoms with Gasteiger partial charge in [0.15, 0.2) is 5.84 Å². The van der Waals surface area contributed by atoms with Crippen molar-refractivity contribution in [2.75, 3.05) is 0 Å². The first-order chi connectivity index (χ1) is 6.92. The number of hydrazine groups is 1. The van der Waals surface area contributed by atoms with Crippen LogP contribution in [0.25, 0.3) is 0 Å². The van der Waals surface area contributed by atoms with Crippen molar-refractivity contribution in [3.63, 3.8) is 0 Å². The van der Waals surface area contributed by atoms with Crippen molar-refractivity contribution < 1.29 is 4.39 Å². The maximum absolute atomic E-state index is 12.6. The van der Waals surface area contributed by atoms with Gasteiger partial charge in [-0.1, -0.05) is 0 Å². The number of nitrogens with zero attached hydrogens (tertiary/aromatic N) is 2. The first kappa shape index (κ1) is 11.6. The predicted molar refractivity (Wildman–Crippen MR) is 57.8 cm³/mol. The first-order valence-electron chi connectivity index (χ1n) is 4.61. The Hall–Kier alpha value is -1.49. The smallest absolute Gasteiger partial charge is 0.162 e. The van der Waals surface area contributed by atoms with Gasteiger partial charge in [0.2, 0.25) is 0 Å². The third-order valence-electron chi connectivity index (χ3n) is 1.55. The van der Waals surface area contributed by atoms with E-state index < -0.39 is 0 Å². The summed E-state index contributed by atoms with van der Waals surface area (Å²) in [5.74, 6) is 5.40. The van der Waals surface area contributed by atoms with Crippen molar-refractivity contribution in [1.29, 1.82) is 0 Å². The lowest BCUT2D eigenvalue weighted by molar-refractivity contribution is 0.579. The lowest BCUT2D eigenvalue weighted by Crippen LogP contribution is -2.34. The van der Waals surface area contributed by atoms with Gasteiger partial charge in [-0.05, 0) is 32.9 Å². The van der Waals surface area contributed by atoms with Crippen LogP contribution < -0.4 is 11.3 Å². The second-order valence-corrected chi connectivity index (χ2v) is 4.14. The Bertz CT molecular complexity index is 351. The highest BCUT2D eigenvalue weighted by Gasteiger charge is 2.11. The number of aliphatic imine (C=N–C) groups is 1. The van der Waals surface area contributed by atoms with Crippen molar-refractivity contribution in [3.8, 4) is 0 Å². The number of aromatic nitrogens is 1. The summed E-state index contributed by atoms with van der Waals surface area (Å²) in [6.07, 6.45) is 1.13. The van der Waals surface area contributed by atoms with Crippen LogP contribution in [0.3, 0.4) is 0 Å². The Morgan fingerprint density at radius 1 is 1.47 bits per heavy atom. The average Bonchev–Trinajstić information content (AvgIpc) is 2.14. The van der Waals surface area contributed by atoms with Gasteiger partial charge in [-0.3, -0.25) is 4.99 Å². The van der Waals surface area contributed by atoms with E-state index in [4.69, 9.17) is 5.84 Å². The van der Waals surface area contributed by atoms with Crippen molar-refractivity contribution >= 4 is 5.84 Å². The van der Waals surface area contributed by atoms with E-state index >= 15 is 0 Å². The molecule has 1 rings (SSSR count). The summed E-state index contributed by atoms with van der Waals surface area (Å²) >= 11 is 0. The lowest BCUT2D eigenvalue weighted by atomic mass is 10.1. The molecule has 0 unspecified atom stereocenters. The second-order valence-electron chi connectivity index (χ2n) is 4.14. The maximum atomic E-state index is 12.6. The molecule has 0 amide bonds. The molecule has 0 atom stereocenters. The van der Waals surface area contributed by atoms with Gasteiger partial charge in [0, 0.05) is 0 Å². The molecule has 0 aliphatic rings. The van der Waals surface area contributed by atoms with Gasteiger partial charge in [-0.25, -0.2) is 15.2 Å². The molecule has 1 aromatic rings. The average molecular weight is 210 g/mol. The quantitative estimate of drug-likeness (QED) is 0.317. The molecular formula is C10H15FN4. The topological polar surface area (TPSA) is 63.3 Å². The van der Waals surface area contributed by atoms with E-state index in [0.717, 1.165) is 6.20 Å². The van der Waals surface area contributed by atoms with Crippen LogP contribution in [0.4, 0.5) is 4.39 Å². The Balaban J connectivity index is 3.03. The fourth-order valence-corrected chi connectivity index (χ4v) is 1.01. The zero-order valence-electron chi connectivity index (χ0n) is 9.08. The SMILES string of the molecule is CC(C)(C)N=C(NN)c1ccc(F)cn1. The molecule has 15 heavy (non-hydrogen) atoms. The number of amidine groups is 1. The molecule has 82 valence electrons. The van der Waals surface area contributed by atoms with Crippen LogP contribution in [-0.2, 0) is 0 Å². The van der Waals surface area contributed by atoms with E-state index in [0.29, 0.717) is 11.5 Å². The second kappa shape index (κ2) is 4.35. The first-order valence-corrected chi connectivity index (χ1v) is 4.61. The molecule has 3 N–H and O–H groups in total. The molecule has 0 saturated carbocycles. The van der Waals surface area contributed by atoms with Gasteiger partial charge in [0.25, 0.3) is 0 Å². The van der Waals surface area contributed by atoms with E-state index in [9.17, 15) is 4.39 Å². The third kappa shape index (κ3) is 3.63. The van der Waals surface area contributed by atoms with Crippen molar-refractivity contribution in [1.82, 2.24) is 10.4 Å². The van der Waals surface area contributed by atoms with Gasteiger partial charge in [-0.15, -0.1) is 0 Å². The van der Waals surface area contributed by atoms with Crippen LogP contribution >= 0.6 is 0 Å². The van der Waals surface area contributed by atoms with E-state index in [2.05, 4.69) is 15.4 Å². The van der Waals surface area contributed by atoms with Crippen LogP contribution in [0.5, 0.6) is 0 Å². The fourth-order valence-electron chi connectivity index (χ4n) is 1.01. The number of halogens is 1. The highest BCUT2D eigenvalue weighted by atomic mass is 19.1. The van der Waals surface area contributed by atoms with Gasteiger partial charge >= 0.3 is 0 Å². The van der Waals surface area contributed by atoms with Gasteiger partial charge in [0.05, 0.1) is 11.7 Å². The highest BCUT2D eigenvalue weighted by molar-refractivity contribution is 5.96. The Morgan fingerprint density at radius 3 is 2.53 bits per heavy atom. The van der Waals surface area contributed by atoms with E-state index in [1.165, 1.54) is 12.1 Å². The molecule has 0 saturated heterocycles. The largest absolute Gasteiger partial charge is 0.307 e. The van der Waals surface area contributed by atoms with Crippen LogP contribution in [0.15, 0.2) is 23.3 Å². The number of nitrogens with one attached hydrogen (secondary N) is 1. The summed E-state index contributed by atoms with van der Waals surface area (Å²) < 4.78 is 12.6. The van der Waals surface area contributed by atoms with Crippen LogP contribution in [0.1, 0.15) is 26.5 Å². The Labute approximate surface area is 88.4 Å². The summed E-state index contributed by atoms with van der Waals surface area (Å²) in [5.41, 5.74) is 2.72. The normalized spacial score (nSPS) is 12.7. The van der Waals surface area contributed by atoms with Gasteiger partial charge in [-0.2, -0.15) is 0 Å². The maximum Gasteiger partial charge on any atom is 0.162 e. The zero-order chi connectivity index (χ0) is 11.5.